The van der Waals surface area contributed by atoms with E-state index in [9.17, 15) is 19.0 Å². The Balaban J connectivity index is 1.72. The molecule has 3 heterocycles. The Kier molecular flexibility index (Phi) is 4.89. The third-order valence-electron chi connectivity index (χ3n) is 5.61. The summed E-state index contributed by atoms with van der Waals surface area (Å²) in [7, 11) is -3.53. The van der Waals surface area contributed by atoms with Crippen molar-refractivity contribution in [2.45, 2.75) is 37.5 Å². The van der Waals surface area contributed by atoms with Crippen molar-refractivity contribution in [2.24, 2.45) is 15.4 Å². The average Bonchev–Trinajstić information content (AvgIpc) is 3.21. The molecule has 1 aliphatic heterocycles. The molecule has 0 spiro atoms. The molecule has 31 heavy (non-hydrogen) atoms. The van der Waals surface area contributed by atoms with Crippen LogP contribution in [0.2, 0.25) is 0 Å². The Bertz CT molecular complexity index is 1310. The van der Waals surface area contributed by atoms with Crippen LogP contribution in [0.15, 0.2) is 54.9 Å². The predicted molar refractivity (Wildman–Crippen MR) is 126 cm³/mol. The van der Waals surface area contributed by atoms with E-state index in [0.717, 1.165) is 31.4 Å². The highest BCUT2D eigenvalue weighted by atomic mass is 32.3. The molecule has 0 bridgehead atoms. The standard InChI is InChI=1S/C21H22N4O4S2/c1-12-5-4-6-13(11-12)23-25-15-9-10-30-19(15)18(26)17(21(25)27)20-22-14-7-2-3-8-16(14)31(28,29)24-20/h2-3,7-10,12,26,28-29H,4-6,11H2,1H3,(H,22,24)/b23-13-/t12-/m1/s1. The van der Waals surface area contributed by atoms with E-state index in [4.69, 9.17) is 0 Å². The quantitative estimate of drug-likeness (QED) is 0.427. The molecule has 1 atom stereocenters. The normalized spacial score (nSPS) is 22.6. The number of amidine groups is 1. The summed E-state index contributed by atoms with van der Waals surface area (Å²) in [6, 6.07) is 8.40. The highest BCUT2D eigenvalue weighted by Crippen LogP contribution is 2.55. The number of anilines is 1. The van der Waals surface area contributed by atoms with E-state index in [2.05, 4.69) is 21.7 Å². The molecule has 1 fully saturated rings. The van der Waals surface area contributed by atoms with Crippen molar-refractivity contribution in [2.75, 3.05) is 5.32 Å². The lowest BCUT2D eigenvalue weighted by atomic mass is 9.89. The van der Waals surface area contributed by atoms with Crippen LogP contribution in [0, 0.1) is 5.92 Å². The van der Waals surface area contributed by atoms with Gasteiger partial charge in [0.25, 0.3) is 5.56 Å². The molecular weight excluding hydrogens is 436 g/mol. The van der Waals surface area contributed by atoms with Gasteiger partial charge in [-0.05, 0) is 55.2 Å². The lowest BCUT2D eigenvalue weighted by Crippen LogP contribution is -2.31. The zero-order valence-electron chi connectivity index (χ0n) is 16.8. The van der Waals surface area contributed by atoms with Gasteiger partial charge in [-0.25, -0.2) is 0 Å². The third-order valence-corrected chi connectivity index (χ3v) is 7.90. The number of hydrogen-bond acceptors (Lipinski definition) is 8. The fourth-order valence-corrected chi connectivity index (χ4v) is 6.11. The van der Waals surface area contributed by atoms with Crippen molar-refractivity contribution in [1.82, 2.24) is 4.68 Å². The van der Waals surface area contributed by atoms with Gasteiger partial charge in [0.05, 0.1) is 15.9 Å². The summed E-state index contributed by atoms with van der Waals surface area (Å²) in [5.74, 6) is 0.179. The van der Waals surface area contributed by atoms with Crippen molar-refractivity contribution >= 4 is 49.6 Å². The second-order valence-corrected chi connectivity index (χ2v) is 10.5. The predicted octanol–water partition coefficient (Wildman–Crippen LogP) is 5.08. The van der Waals surface area contributed by atoms with E-state index in [1.54, 1.807) is 35.7 Å². The van der Waals surface area contributed by atoms with Crippen molar-refractivity contribution < 1.29 is 14.2 Å². The maximum Gasteiger partial charge on any atom is 0.286 e. The Morgan fingerprint density at radius 2 is 2.10 bits per heavy atom. The highest BCUT2D eigenvalue weighted by Gasteiger charge is 2.30. The molecule has 2 aliphatic rings. The van der Waals surface area contributed by atoms with Gasteiger partial charge >= 0.3 is 0 Å². The number of rotatable bonds is 2. The van der Waals surface area contributed by atoms with Crippen LogP contribution in [-0.4, -0.2) is 30.4 Å². The van der Waals surface area contributed by atoms with Crippen LogP contribution < -0.4 is 10.9 Å². The van der Waals surface area contributed by atoms with E-state index in [1.165, 1.54) is 16.0 Å². The molecule has 8 nitrogen and oxygen atoms in total. The largest absolute Gasteiger partial charge is 0.505 e. The van der Waals surface area contributed by atoms with Gasteiger partial charge in [0.2, 0.25) is 0 Å². The van der Waals surface area contributed by atoms with Crippen molar-refractivity contribution in [3.63, 3.8) is 0 Å². The van der Waals surface area contributed by atoms with Gasteiger partial charge in [-0.3, -0.25) is 13.9 Å². The van der Waals surface area contributed by atoms with Crippen LogP contribution >= 0.6 is 22.1 Å². The molecule has 1 saturated carbocycles. The second-order valence-electron chi connectivity index (χ2n) is 7.92. The van der Waals surface area contributed by atoms with Crippen LogP contribution in [0.5, 0.6) is 5.75 Å². The fourth-order valence-electron chi connectivity index (χ4n) is 4.13. The molecule has 0 radical (unpaired) electrons. The maximum atomic E-state index is 13.5. The molecule has 3 aromatic rings. The first-order valence-electron chi connectivity index (χ1n) is 10.0. The molecule has 0 unspecified atom stereocenters. The molecule has 1 aromatic carbocycles. The number of para-hydroxylation sites is 1. The minimum Gasteiger partial charge on any atom is -0.505 e. The van der Waals surface area contributed by atoms with Crippen molar-refractivity contribution in [3.8, 4) is 5.75 Å². The zero-order chi connectivity index (χ0) is 21.8. The average molecular weight is 459 g/mol. The van der Waals surface area contributed by atoms with Crippen molar-refractivity contribution in [1.29, 1.82) is 0 Å². The van der Waals surface area contributed by atoms with E-state index >= 15 is 0 Å². The van der Waals surface area contributed by atoms with Gasteiger partial charge in [0, 0.05) is 5.71 Å². The van der Waals surface area contributed by atoms with Crippen LogP contribution in [-0.2, 0) is 0 Å². The first kappa shape index (κ1) is 20.3. The van der Waals surface area contributed by atoms with Gasteiger partial charge in [-0.2, -0.15) is 9.78 Å². The summed E-state index contributed by atoms with van der Waals surface area (Å²) in [5, 5.41) is 20.4. The van der Waals surface area contributed by atoms with Crippen LogP contribution in [0.25, 0.3) is 10.2 Å². The van der Waals surface area contributed by atoms with E-state index < -0.39 is 16.3 Å². The molecule has 1 aliphatic carbocycles. The third kappa shape index (κ3) is 3.45. The van der Waals surface area contributed by atoms with Gasteiger partial charge in [0.1, 0.15) is 10.5 Å². The molecule has 0 amide bonds. The molecule has 2 aromatic heterocycles. The first-order chi connectivity index (χ1) is 14.8. The van der Waals surface area contributed by atoms with E-state index in [-0.39, 0.29) is 22.0 Å². The zero-order valence-corrected chi connectivity index (χ0v) is 18.4. The minimum absolute atomic E-state index is 0.0811. The lowest BCUT2D eigenvalue weighted by Gasteiger charge is -2.34. The Labute approximate surface area is 184 Å². The van der Waals surface area contributed by atoms with Crippen LogP contribution in [0.1, 0.15) is 38.2 Å². The van der Waals surface area contributed by atoms with E-state index in [1.807, 2.05) is 0 Å². The number of aromatic hydroxyl groups is 1. The van der Waals surface area contributed by atoms with Gasteiger partial charge in [-0.15, -0.1) is 15.7 Å². The van der Waals surface area contributed by atoms with Crippen LogP contribution in [0.4, 0.5) is 5.69 Å². The van der Waals surface area contributed by atoms with Crippen molar-refractivity contribution in [3.05, 3.63) is 51.6 Å². The van der Waals surface area contributed by atoms with Gasteiger partial charge < -0.3 is 10.4 Å². The number of nitrogens with zero attached hydrogens (tertiary/aromatic N) is 3. The number of thiophene rings is 1. The number of pyridine rings is 1. The van der Waals surface area contributed by atoms with Gasteiger partial charge in [-0.1, -0.05) is 29.8 Å². The molecule has 162 valence electrons. The summed E-state index contributed by atoms with van der Waals surface area (Å²) in [6.45, 7) is 2.17. The topological polar surface area (TPSA) is 119 Å². The Morgan fingerprint density at radius 1 is 1.29 bits per heavy atom. The molecule has 10 heteroatoms. The number of hydrogen-bond donors (Lipinski definition) is 4. The van der Waals surface area contributed by atoms with Crippen LogP contribution in [0.3, 0.4) is 0 Å². The summed E-state index contributed by atoms with van der Waals surface area (Å²) in [6.07, 6.45) is 3.81. The Morgan fingerprint density at radius 3 is 2.90 bits per heavy atom. The molecular formula is C21H22N4O4S2. The lowest BCUT2D eigenvalue weighted by molar-refractivity contribution is 0.478. The summed E-state index contributed by atoms with van der Waals surface area (Å²) in [4.78, 5) is 13.7. The molecule has 0 saturated heterocycles. The highest BCUT2D eigenvalue weighted by molar-refractivity contribution is 8.23. The fraction of sp³-hybridized carbons (Fsp3) is 0.286. The van der Waals surface area contributed by atoms with Gasteiger partial charge in [0.15, 0.2) is 11.6 Å². The summed E-state index contributed by atoms with van der Waals surface area (Å²) in [5.41, 5.74) is 1.20. The number of benzene rings is 1. The monoisotopic (exact) mass is 458 g/mol. The number of aromatic nitrogens is 1. The molecule has 4 N–H and O–H groups in total. The SMILES string of the molecule is C[C@@H]1CCC/C(=N/n2c(=O)c(C3=NS(O)(O)c4ccccc4N3)c(O)c3sccc32)C1. The number of fused-ring (bicyclic) bond motifs is 2. The summed E-state index contributed by atoms with van der Waals surface area (Å²) < 4.78 is 27.0. The van der Waals surface area contributed by atoms with E-state index in [0.29, 0.717) is 21.8 Å². The maximum absolute atomic E-state index is 13.5. The second kappa shape index (κ2) is 7.49. The minimum atomic E-state index is -3.53. The first-order valence-corrected chi connectivity index (χ1v) is 12.4. The molecule has 5 rings (SSSR count). The Hall–Kier alpha value is -2.66. The summed E-state index contributed by atoms with van der Waals surface area (Å²) >= 11 is 1.28. The smallest absolute Gasteiger partial charge is 0.286 e. The number of nitrogens with one attached hydrogen (secondary N) is 1.